The molecule has 0 fully saturated rings. The minimum atomic E-state index is -4.42. The third-order valence-electron chi connectivity index (χ3n) is 15.5. The predicted molar refractivity (Wildman–Crippen MR) is 417 cm³/mol. The number of benzene rings is 12. The van der Waals surface area contributed by atoms with Crippen LogP contribution in [0, 0.1) is 55.4 Å². The van der Waals surface area contributed by atoms with Crippen molar-refractivity contribution in [2.24, 2.45) is 0 Å². The first-order chi connectivity index (χ1) is 48.2. The van der Waals surface area contributed by atoms with Crippen LogP contribution >= 0.6 is 0 Å². The molecule has 0 heterocycles. The molecule has 12 aromatic carbocycles. The molecule has 0 amide bonds. The van der Waals surface area contributed by atoms with E-state index in [1.165, 1.54) is 102 Å². The molecule has 4 N–H and O–H groups in total. The normalized spacial score (nSPS) is 11.0. The van der Waals surface area contributed by atoms with Crippen LogP contribution in [-0.2, 0) is 50.6 Å². The van der Waals surface area contributed by atoms with Gasteiger partial charge in [0.1, 0.15) is 10.1 Å². The van der Waals surface area contributed by atoms with E-state index in [1.807, 2.05) is 19.9 Å². The Morgan fingerprint density at radius 2 is 0.452 bits per heavy atom. The van der Waals surface area contributed by atoms with Crippen LogP contribution in [0.3, 0.4) is 0 Å². The van der Waals surface area contributed by atoms with Crippen LogP contribution in [0.15, 0.2) is 289 Å². The molecule has 0 saturated carbocycles. The predicted octanol–water partition coefficient (Wildman–Crippen LogP) is 16.2. The van der Waals surface area contributed by atoms with Crippen LogP contribution in [0.2, 0.25) is 0 Å². The van der Waals surface area contributed by atoms with E-state index in [0.717, 1.165) is 55.6 Å². The van der Waals surface area contributed by atoms with Gasteiger partial charge in [-0.05, 0) is 204 Å². The van der Waals surface area contributed by atoms with Crippen molar-refractivity contribution in [3.8, 4) is 89.0 Å². The molecule has 12 aromatic rings. The van der Waals surface area contributed by atoms with Gasteiger partial charge in [-0.25, -0.2) is 8.42 Å². The smallest absolute Gasteiger partial charge is 0.744 e. The van der Waals surface area contributed by atoms with Gasteiger partial charge in [0.2, 0.25) is 0 Å². The Hall–Kier alpha value is -8.81. The van der Waals surface area contributed by atoms with Crippen LogP contribution in [0.5, 0.6) is 0 Å². The van der Waals surface area contributed by atoms with Gasteiger partial charge in [-0.1, -0.05) is 264 Å². The summed E-state index contributed by atoms with van der Waals surface area (Å²) < 4.78 is 142. The Kier molecular flexibility index (Phi) is 32.0. The molecule has 21 heteroatoms. The van der Waals surface area contributed by atoms with Gasteiger partial charge in [-0.15, -0.1) is 0 Å². The van der Waals surface area contributed by atoms with Gasteiger partial charge in [-0.2, -0.15) is 33.7 Å². The van der Waals surface area contributed by atoms with E-state index in [1.54, 1.807) is 24.3 Å². The van der Waals surface area contributed by atoms with Crippen molar-refractivity contribution in [2.45, 2.75) is 65.2 Å². The molecule has 0 aliphatic rings. The van der Waals surface area contributed by atoms with Crippen molar-refractivity contribution in [2.75, 3.05) is 18.8 Å². The number of aryl methyl sites for hydroxylation is 8. The summed E-state index contributed by atoms with van der Waals surface area (Å²) in [7, 11) is -19.6. The van der Waals surface area contributed by atoms with E-state index in [-0.39, 0.29) is 39.3 Å². The summed E-state index contributed by atoms with van der Waals surface area (Å²) in [5.41, 5.74) is 28.4. The summed E-state index contributed by atoms with van der Waals surface area (Å²) in [6.45, 7) is 16.7. The molecule has 0 radical (unpaired) electrons. The van der Waals surface area contributed by atoms with Gasteiger partial charge in [0, 0.05) is 0 Å². The van der Waals surface area contributed by atoms with E-state index in [9.17, 15) is 46.6 Å². The largest absolute Gasteiger partial charge is 1.00 e. The molecule has 0 aliphatic carbocycles. The summed E-state index contributed by atoms with van der Waals surface area (Å²) in [4.78, 5) is -0.308. The Labute approximate surface area is 636 Å². The van der Waals surface area contributed by atoms with E-state index in [2.05, 4.69) is 266 Å². The minimum Gasteiger partial charge on any atom is -0.744 e. The van der Waals surface area contributed by atoms with Crippen molar-refractivity contribution in [3.63, 3.8) is 0 Å². The molecule has 12 rings (SSSR count). The molecule has 0 unspecified atom stereocenters. The molecule has 0 aromatic heterocycles. The van der Waals surface area contributed by atoms with Crippen LogP contribution in [0.4, 0.5) is 0 Å². The quantitative estimate of drug-likeness (QED) is 0.0732. The van der Waals surface area contributed by atoms with Crippen LogP contribution in [0.25, 0.3) is 89.0 Å². The molecular weight excluding hydrogens is 1420 g/mol. The standard InChI is InChI=1S/2C20H18O3S.2C20H18.3CH4O3S.Na/c2*1-14-3-6-16(7-4-14)18-8-5-15(2)20(13-18)17-9-11-19(12-10-17)24(21,22)23;1-15-8-11-17(12-9-15)19-13-10-16(2)20(14-19)18-6-4-3-5-7-18;1-15-8-11-18(12-9-15)19-13-10-16(2)14-20(19)17-6-4-3-5-7-17;3*1-5(2,3)4;/h2*3-13H,1-2H3,(H,21,22,23);2*3-14H,1-2H3;3*1H3,(H,2,3,4);/q;;;;;;;+1/p-1. The van der Waals surface area contributed by atoms with E-state index in [4.69, 9.17) is 18.2 Å². The van der Waals surface area contributed by atoms with Gasteiger partial charge in [0.25, 0.3) is 40.5 Å². The molecule has 0 atom stereocenters. The van der Waals surface area contributed by atoms with Crippen molar-refractivity contribution in [1.29, 1.82) is 0 Å². The third kappa shape index (κ3) is 29.7. The fourth-order valence-electron chi connectivity index (χ4n) is 10.3. The first-order valence-electron chi connectivity index (χ1n) is 31.9. The maximum atomic E-state index is 11.2. The maximum absolute atomic E-state index is 11.2. The first-order valence-corrected chi connectivity index (χ1v) is 40.3. The number of rotatable bonds is 10. The molecule has 0 saturated heterocycles. The van der Waals surface area contributed by atoms with E-state index in [0.29, 0.717) is 18.8 Å². The van der Waals surface area contributed by atoms with Crippen LogP contribution in [-0.4, -0.2) is 83.6 Å². The fourth-order valence-corrected chi connectivity index (χ4v) is 11.3. The second kappa shape index (κ2) is 38.8. The molecule has 104 heavy (non-hydrogen) atoms. The van der Waals surface area contributed by atoms with Gasteiger partial charge < -0.3 is 4.55 Å². The molecule has 0 spiro atoms. The van der Waals surface area contributed by atoms with Crippen LogP contribution < -0.4 is 29.6 Å². The summed E-state index contributed by atoms with van der Waals surface area (Å²) >= 11 is 0. The third-order valence-corrected chi connectivity index (χ3v) is 17.2. The summed E-state index contributed by atoms with van der Waals surface area (Å²) in [6, 6.07) is 93.4. The van der Waals surface area contributed by atoms with Gasteiger partial charge in [-0.3, -0.25) is 18.2 Å². The average Bonchev–Trinajstić information content (AvgIpc) is 0.826. The van der Waals surface area contributed by atoms with Gasteiger partial charge in [0.15, 0.2) is 0 Å². The SMILES string of the molecule is CS(=O)(=O)O.CS(=O)(=O)O.CS(=O)(=O)O.Cc1ccc(-c2ccc(C)c(-c3ccc(S(=O)(=O)O)cc3)c2)cc1.Cc1ccc(-c2ccc(C)c(-c3ccc(S(=O)(=O)[O-])cc3)c2)cc1.Cc1ccc(-c2ccc(C)c(-c3ccccc3)c2)cc1.Cc1ccc(-c2ccc(C)cc2-c2ccccc2)cc1.[Na+]. The molecule has 536 valence electrons. The van der Waals surface area contributed by atoms with Crippen LogP contribution in [0.1, 0.15) is 44.5 Å². The Balaban J connectivity index is 0.000000233. The fraction of sp³-hybridized carbons (Fsp3) is 0.133. The van der Waals surface area contributed by atoms with Crippen molar-refractivity contribution in [3.05, 3.63) is 324 Å². The Bertz CT molecular complexity index is 5130. The van der Waals surface area contributed by atoms with Crippen molar-refractivity contribution < 1.29 is 94.4 Å². The summed E-state index contributed by atoms with van der Waals surface area (Å²) in [5.74, 6) is 0. The maximum Gasteiger partial charge on any atom is 1.00 e. The Morgan fingerprint density at radius 1 is 0.231 bits per heavy atom. The summed E-state index contributed by atoms with van der Waals surface area (Å²) in [5, 5.41) is 0. The van der Waals surface area contributed by atoms with E-state index >= 15 is 0 Å². The zero-order chi connectivity index (χ0) is 76.0. The monoisotopic (exact) mass is 1500 g/mol. The Morgan fingerprint density at radius 3 is 0.731 bits per heavy atom. The second-order valence-corrected chi connectivity index (χ2v) is 31.7. The number of hydrogen-bond acceptors (Lipinski definition) is 11. The van der Waals surface area contributed by atoms with Gasteiger partial charge in [0.05, 0.1) is 28.6 Å². The molecule has 15 nitrogen and oxygen atoms in total. The molecule has 0 bridgehead atoms. The topological polar surface area (TPSA) is 275 Å². The number of hydrogen-bond donors (Lipinski definition) is 4. The minimum absolute atomic E-state index is 0. The zero-order valence-corrected chi connectivity index (χ0v) is 66.0. The first kappa shape index (κ1) is 85.8. The molecular formula is C83H83NaO15S5. The van der Waals surface area contributed by atoms with Crippen molar-refractivity contribution in [1.82, 2.24) is 0 Å². The summed E-state index contributed by atoms with van der Waals surface area (Å²) in [6.07, 6.45) is 2.15. The second-order valence-electron chi connectivity index (χ2n) is 24.5. The zero-order valence-electron chi connectivity index (χ0n) is 59.9. The van der Waals surface area contributed by atoms with E-state index < -0.39 is 50.6 Å². The van der Waals surface area contributed by atoms with Crippen molar-refractivity contribution >= 4 is 50.6 Å². The van der Waals surface area contributed by atoms with Gasteiger partial charge >= 0.3 is 29.6 Å². The average molecular weight is 1500 g/mol. The molecule has 0 aliphatic heterocycles.